The Hall–Kier alpha value is -1.85. The number of rotatable bonds is 2. The molecule has 1 aromatic rings. The molecule has 3 atom stereocenters. The van der Waals surface area contributed by atoms with E-state index in [-0.39, 0.29) is 34.7 Å². The van der Waals surface area contributed by atoms with Gasteiger partial charge >= 0.3 is 0 Å². The van der Waals surface area contributed by atoms with E-state index in [2.05, 4.69) is 0 Å². The number of nitro groups is 1. The highest BCUT2D eigenvalue weighted by molar-refractivity contribution is 5.81. The van der Waals surface area contributed by atoms with E-state index in [9.17, 15) is 14.9 Å². The maximum atomic E-state index is 12.3. The fourth-order valence-electron chi connectivity index (χ4n) is 4.72. The first-order chi connectivity index (χ1) is 9.63. The van der Waals surface area contributed by atoms with Gasteiger partial charge in [0.15, 0.2) is 0 Å². The van der Waals surface area contributed by atoms with Gasteiger partial charge in [-0.1, -0.05) is 0 Å². The zero-order chi connectivity index (χ0) is 13.9. The van der Waals surface area contributed by atoms with Crippen LogP contribution in [0.2, 0.25) is 0 Å². The van der Waals surface area contributed by atoms with Gasteiger partial charge in [0.2, 0.25) is 12.5 Å². The summed E-state index contributed by atoms with van der Waals surface area (Å²) in [6, 6.07) is 1.96. The van der Waals surface area contributed by atoms with Crippen LogP contribution in [0, 0.1) is 22.0 Å². The van der Waals surface area contributed by atoms with Crippen molar-refractivity contribution in [2.75, 3.05) is 13.1 Å². The molecular formula is C14H16N2O4. The van der Waals surface area contributed by atoms with E-state index in [4.69, 9.17) is 4.42 Å². The van der Waals surface area contributed by atoms with E-state index in [0.29, 0.717) is 13.0 Å². The molecule has 3 heterocycles. The first kappa shape index (κ1) is 11.9. The number of nitrogens with zero attached hydrogens (tertiary/aromatic N) is 2. The van der Waals surface area contributed by atoms with Crippen LogP contribution in [0.5, 0.6) is 0 Å². The topological polar surface area (TPSA) is 76.6 Å². The maximum absolute atomic E-state index is 12.3. The maximum Gasteiger partial charge on any atom is 0.223 e. The molecule has 4 rings (SSSR count). The minimum Gasteiger partial charge on any atom is -0.469 e. The highest BCUT2D eigenvalue weighted by atomic mass is 16.6. The molecule has 0 aromatic carbocycles. The molecule has 0 bridgehead atoms. The second-order valence-corrected chi connectivity index (χ2v) is 6.10. The molecule has 1 spiro atoms. The Morgan fingerprint density at radius 3 is 3.20 bits per heavy atom. The zero-order valence-corrected chi connectivity index (χ0v) is 11.1. The third-order valence-electron chi connectivity index (χ3n) is 5.41. The Kier molecular flexibility index (Phi) is 2.29. The highest BCUT2D eigenvalue weighted by Gasteiger charge is 2.62. The summed E-state index contributed by atoms with van der Waals surface area (Å²) in [7, 11) is 0. The molecule has 0 radical (unpaired) electrons. The van der Waals surface area contributed by atoms with Crippen LogP contribution in [0.3, 0.4) is 0 Å². The Morgan fingerprint density at radius 2 is 2.40 bits per heavy atom. The Labute approximate surface area is 115 Å². The third-order valence-corrected chi connectivity index (χ3v) is 5.41. The second-order valence-electron chi connectivity index (χ2n) is 6.10. The molecule has 20 heavy (non-hydrogen) atoms. The number of amides is 1. The SMILES string of the molecule is O=C1C[C@H]2[C@H](C[N+](=O)[O-])CC[C@]23c2ccoc2CCN13. The van der Waals surface area contributed by atoms with Crippen molar-refractivity contribution in [3.05, 3.63) is 33.8 Å². The number of carbonyl (C=O) groups excluding carboxylic acids is 1. The summed E-state index contributed by atoms with van der Waals surface area (Å²) in [6.45, 7) is 0.655. The van der Waals surface area contributed by atoms with Crippen LogP contribution in [0.25, 0.3) is 0 Å². The molecular weight excluding hydrogens is 260 g/mol. The van der Waals surface area contributed by atoms with E-state index in [1.807, 2.05) is 11.0 Å². The quantitative estimate of drug-likeness (QED) is 0.607. The van der Waals surface area contributed by atoms with Crippen molar-refractivity contribution in [1.29, 1.82) is 0 Å². The van der Waals surface area contributed by atoms with Gasteiger partial charge < -0.3 is 9.32 Å². The molecule has 1 saturated heterocycles. The molecule has 6 heteroatoms. The number of fused-ring (bicyclic) bond motifs is 1. The Bertz CT molecular complexity index is 596. The van der Waals surface area contributed by atoms with E-state index < -0.39 is 0 Å². The molecule has 2 aliphatic heterocycles. The van der Waals surface area contributed by atoms with Crippen LogP contribution >= 0.6 is 0 Å². The fraction of sp³-hybridized carbons (Fsp3) is 0.643. The number of hydrogen-bond acceptors (Lipinski definition) is 4. The first-order valence-corrected chi connectivity index (χ1v) is 7.12. The van der Waals surface area contributed by atoms with E-state index in [0.717, 1.165) is 30.6 Å². The van der Waals surface area contributed by atoms with Crippen LogP contribution < -0.4 is 0 Å². The van der Waals surface area contributed by atoms with Gasteiger partial charge in [0, 0.05) is 41.7 Å². The number of carbonyl (C=O) groups is 1. The predicted molar refractivity (Wildman–Crippen MR) is 68.5 cm³/mol. The van der Waals surface area contributed by atoms with Crippen LogP contribution in [-0.4, -0.2) is 28.8 Å². The highest BCUT2D eigenvalue weighted by Crippen LogP contribution is 2.58. The van der Waals surface area contributed by atoms with E-state index >= 15 is 0 Å². The lowest BCUT2D eigenvalue weighted by molar-refractivity contribution is -0.489. The summed E-state index contributed by atoms with van der Waals surface area (Å²) < 4.78 is 5.55. The van der Waals surface area contributed by atoms with Gasteiger partial charge in [-0.3, -0.25) is 14.9 Å². The van der Waals surface area contributed by atoms with Crippen molar-refractivity contribution in [2.45, 2.75) is 31.2 Å². The molecule has 3 aliphatic rings. The minimum absolute atomic E-state index is 0.000185. The normalized spacial score (nSPS) is 34.8. The molecule has 2 fully saturated rings. The largest absolute Gasteiger partial charge is 0.469 e. The average molecular weight is 276 g/mol. The summed E-state index contributed by atoms with van der Waals surface area (Å²) in [5, 5.41) is 10.9. The monoisotopic (exact) mass is 276 g/mol. The molecule has 1 saturated carbocycles. The Balaban J connectivity index is 1.80. The molecule has 6 nitrogen and oxygen atoms in total. The molecule has 1 amide bonds. The van der Waals surface area contributed by atoms with Gasteiger partial charge in [-0.05, 0) is 18.9 Å². The lowest BCUT2D eigenvalue weighted by atomic mass is 9.76. The van der Waals surface area contributed by atoms with Gasteiger partial charge in [0.1, 0.15) is 5.76 Å². The van der Waals surface area contributed by atoms with Crippen molar-refractivity contribution >= 4 is 5.91 Å². The third kappa shape index (κ3) is 1.31. The fourth-order valence-corrected chi connectivity index (χ4v) is 4.72. The minimum atomic E-state index is -0.321. The van der Waals surface area contributed by atoms with E-state index in [1.54, 1.807) is 6.26 Å². The lowest BCUT2D eigenvalue weighted by Crippen LogP contribution is -2.49. The van der Waals surface area contributed by atoms with Crippen LogP contribution in [0.4, 0.5) is 0 Å². The van der Waals surface area contributed by atoms with Crippen molar-refractivity contribution in [3.63, 3.8) is 0 Å². The van der Waals surface area contributed by atoms with Gasteiger partial charge in [-0.2, -0.15) is 0 Å². The van der Waals surface area contributed by atoms with Crippen molar-refractivity contribution in [1.82, 2.24) is 4.90 Å². The van der Waals surface area contributed by atoms with Crippen molar-refractivity contribution < 1.29 is 14.1 Å². The predicted octanol–water partition coefficient (Wildman–Crippen LogP) is 1.57. The molecule has 106 valence electrons. The molecule has 1 aromatic heterocycles. The first-order valence-electron chi connectivity index (χ1n) is 7.12. The summed E-state index contributed by atoms with van der Waals surface area (Å²) in [5.41, 5.74) is 0.781. The van der Waals surface area contributed by atoms with Crippen molar-refractivity contribution in [3.8, 4) is 0 Å². The Morgan fingerprint density at radius 1 is 1.55 bits per heavy atom. The summed E-state index contributed by atoms with van der Waals surface area (Å²) in [6.07, 6.45) is 4.53. The number of hydrogen-bond donors (Lipinski definition) is 0. The van der Waals surface area contributed by atoms with Gasteiger partial charge in [-0.25, -0.2) is 0 Å². The smallest absolute Gasteiger partial charge is 0.223 e. The van der Waals surface area contributed by atoms with Crippen molar-refractivity contribution in [2.24, 2.45) is 11.8 Å². The van der Waals surface area contributed by atoms with Gasteiger partial charge in [0.05, 0.1) is 11.8 Å². The van der Waals surface area contributed by atoms with Crippen LogP contribution in [0.15, 0.2) is 16.7 Å². The summed E-state index contributed by atoms with van der Waals surface area (Å²) in [4.78, 5) is 24.9. The zero-order valence-electron chi connectivity index (χ0n) is 11.1. The van der Waals surface area contributed by atoms with E-state index in [1.165, 1.54) is 0 Å². The summed E-state index contributed by atoms with van der Waals surface area (Å²) >= 11 is 0. The van der Waals surface area contributed by atoms with Crippen LogP contribution in [-0.2, 0) is 16.8 Å². The molecule has 1 aliphatic carbocycles. The lowest BCUT2D eigenvalue weighted by Gasteiger charge is -2.42. The number of furan rings is 1. The van der Waals surface area contributed by atoms with Gasteiger partial charge in [-0.15, -0.1) is 0 Å². The molecule has 0 unspecified atom stereocenters. The molecule has 0 N–H and O–H groups in total. The average Bonchev–Trinajstić information content (AvgIpc) is 3.04. The summed E-state index contributed by atoms with van der Waals surface area (Å²) in [5.74, 6) is 1.18. The van der Waals surface area contributed by atoms with Crippen LogP contribution in [0.1, 0.15) is 30.6 Å². The standard InChI is InChI=1S/C14H16N2O4/c17-13-7-11-9(8-16(18)19)1-4-14(11)10-3-6-20-12(10)2-5-15(13)14/h3,6,9,11H,1-2,4-5,7-8H2/t9-,11-,14-/m0/s1. The second kappa shape index (κ2) is 3.84. The van der Waals surface area contributed by atoms with Gasteiger partial charge in [0.25, 0.3) is 0 Å².